The van der Waals surface area contributed by atoms with Crippen molar-refractivity contribution in [3.63, 3.8) is 0 Å². The van der Waals surface area contributed by atoms with E-state index in [1.165, 1.54) is 17.5 Å². The quantitative estimate of drug-likeness (QED) is 0.676. The van der Waals surface area contributed by atoms with Gasteiger partial charge in [-0.25, -0.2) is 4.98 Å². The van der Waals surface area contributed by atoms with Gasteiger partial charge in [-0.3, -0.25) is 4.79 Å². The van der Waals surface area contributed by atoms with Crippen LogP contribution in [0.5, 0.6) is 0 Å². The first-order chi connectivity index (χ1) is 10.7. The van der Waals surface area contributed by atoms with Gasteiger partial charge in [-0.2, -0.15) is 0 Å². The van der Waals surface area contributed by atoms with Crippen molar-refractivity contribution in [2.24, 2.45) is 11.7 Å². The molecule has 3 N–H and O–H groups in total. The van der Waals surface area contributed by atoms with E-state index in [4.69, 9.17) is 5.73 Å². The van der Waals surface area contributed by atoms with Crippen LogP contribution in [0.4, 0.5) is 0 Å². The molecule has 1 aromatic carbocycles. The second-order valence-electron chi connectivity index (χ2n) is 6.09. The molecule has 1 unspecified atom stereocenters. The predicted octanol–water partition coefficient (Wildman–Crippen LogP) is 3.71. The van der Waals surface area contributed by atoms with Gasteiger partial charge in [-0.15, -0.1) is 36.2 Å². The zero-order chi connectivity index (χ0) is 15.4. The molecule has 0 saturated heterocycles. The van der Waals surface area contributed by atoms with E-state index in [2.05, 4.69) is 16.4 Å². The van der Waals surface area contributed by atoms with Gasteiger partial charge in [0, 0.05) is 19.0 Å². The molecule has 1 saturated carbocycles. The minimum Gasteiger partial charge on any atom is -0.355 e. The third kappa shape index (κ3) is 6.20. The first-order valence-corrected chi connectivity index (χ1v) is 8.91. The Bertz CT molecular complexity index is 613. The van der Waals surface area contributed by atoms with E-state index in [0.717, 1.165) is 29.8 Å². The van der Waals surface area contributed by atoms with Crippen LogP contribution in [0.3, 0.4) is 0 Å². The number of nitrogens with one attached hydrogen (secondary N) is 1. The molecule has 0 bridgehead atoms. The Morgan fingerprint density at radius 1 is 1.29 bits per heavy atom. The van der Waals surface area contributed by atoms with E-state index in [-0.39, 0.29) is 36.8 Å². The molecule has 2 aromatic rings. The van der Waals surface area contributed by atoms with Crippen molar-refractivity contribution in [3.05, 3.63) is 29.3 Å². The van der Waals surface area contributed by atoms with Gasteiger partial charge in [0.2, 0.25) is 5.91 Å². The summed E-state index contributed by atoms with van der Waals surface area (Å²) in [5, 5.41) is 4.11. The molecule has 1 amide bonds. The maximum Gasteiger partial charge on any atom is 0.220 e. The molecule has 1 aromatic heterocycles. The molecule has 1 aliphatic carbocycles. The maximum absolute atomic E-state index is 11.8. The van der Waals surface area contributed by atoms with Crippen molar-refractivity contribution in [1.82, 2.24) is 10.3 Å². The fraction of sp³-hybridized carbons (Fsp3) is 0.529. The number of para-hydroxylation sites is 1. The number of benzene rings is 1. The van der Waals surface area contributed by atoms with Crippen LogP contribution in [0.2, 0.25) is 0 Å². The van der Waals surface area contributed by atoms with Gasteiger partial charge in [0.25, 0.3) is 0 Å². The van der Waals surface area contributed by atoms with Crippen LogP contribution in [0.25, 0.3) is 10.2 Å². The number of rotatable bonds is 8. The first-order valence-electron chi connectivity index (χ1n) is 8.09. The van der Waals surface area contributed by atoms with E-state index in [1.807, 2.05) is 18.2 Å². The lowest BCUT2D eigenvalue weighted by atomic mass is 10.1. The van der Waals surface area contributed by atoms with Gasteiger partial charge in [0.15, 0.2) is 0 Å². The van der Waals surface area contributed by atoms with Crippen LogP contribution < -0.4 is 11.1 Å². The van der Waals surface area contributed by atoms with Crippen LogP contribution in [0.1, 0.15) is 37.1 Å². The van der Waals surface area contributed by atoms with Crippen molar-refractivity contribution in [2.75, 3.05) is 6.54 Å². The minimum atomic E-state index is 0. The Balaban J connectivity index is 0.00000144. The first kappa shape index (κ1) is 21.2. The predicted molar refractivity (Wildman–Crippen MR) is 105 cm³/mol. The van der Waals surface area contributed by atoms with E-state index in [1.54, 1.807) is 11.3 Å². The third-order valence-corrected chi connectivity index (χ3v) is 5.24. The lowest BCUT2D eigenvalue weighted by molar-refractivity contribution is -0.121. The fourth-order valence-corrected chi connectivity index (χ4v) is 3.61. The second kappa shape index (κ2) is 10.2. The maximum atomic E-state index is 11.8. The topological polar surface area (TPSA) is 68.0 Å². The summed E-state index contributed by atoms with van der Waals surface area (Å²) < 4.78 is 1.24. The molecule has 1 fully saturated rings. The molecule has 3 rings (SSSR count). The number of hydrogen-bond donors (Lipinski definition) is 2. The summed E-state index contributed by atoms with van der Waals surface area (Å²) in [6.45, 7) is 0.626. The minimum absolute atomic E-state index is 0. The number of fused-ring (bicyclic) bond motifs is 1. The Morgan fingerprint density at radius 2 is 2.04 bits per heavy atom. The number of aromatic nitrogens is 1. The molecule has 134 valence electrons. The number of unbranched alkanes of at least 4 members (excludes halogenated alkanes) is 1. The van der Waals surface area contributed by atoms with Crippen LogP contribution in [-0.2, 0) is 11.2 Å². The van der Waals surface area contributed by atoms with Crippen LogP contribution in [0.15, 0.2) is 24.3 Å². The van der Waals surface area contributed by atoms with Gasteiger partial charge >= 0.3 is 0 Å². The summed E-state index contributed by atoms with van der Waals surface area (Å²) in [4.78, 5) is 16.4. The fourth-order valence-electron chi connectivity index (χ4n) is 2.60. The number of amides is 1. The zero-order valence-corrected chi connectivity index (χ0v) is 16.0. The van der Waals surface area contributed by atoms with E-state index < -0.39 is 0 Å². The highest BCUT2D eigenvalue weighted by atomic mass is 35.5. The average molecular weight is 390 g/mol. The molecule has 0 spiro atoms. The summed E-state index contributed by atoms with van der Waals surface area (Å²) in [5.41, 5.74) is 7.05. The van der Waals surface area contributed by atoms with Gasteiger partial charge in [0.05, 0.1) is 15.2 Å². The number of halogens is 2. The Labute approximate surface area is 159 Å². The highest BCUT2D eigenvalue weighted by Gasteiger charge is 2.28. The molecule has 7 heteroatoms. The van der Waals surface area contributed by atoms with Crippen molar-refractivity contribution >= 4 is 52.3 Å². The Kier molecular flexibility index (Phi) is 8.98. The summed E-state index contributed by atoms with van der Waals surface area (Å²) >= 11 is 1.75. The van der Waals surface area contributed by atoms with E-state index in [9.17, 15) is 4.79 Å². The Hall–Kier alpha value is -0.880. The second-order valence-corrected chi connectivity index (χ2v) is 7.20. The molecular formula is C17H25Cl2N3OS. The number of nitrogens with two attached hydrogens (primary N) is 1. The molecule has 0 radical (unpaired) electrons. The van der Waals surface area contributed by atoms with E-state index >= 15 is 0 Å². The highest BCUT2D eigenvalue weighted by molar-refractivity contribution is 7.18. The zero-order valence-electron chi connectivity index (χ0n) is 13.6. The molecule has 0 aliphatic heterocycles. The van der Waals surface area contributed by atoms with Crippen LogP contribution in [0, 0.1) is 5.92 Å². The SMILES string of the molecule is Cl.Cl.NC(CNC(=O)CCCCc1nc2ccccc2s1)C1CC1. The number of hydrogen-bond acceptors (Lipinski definition) is 4. The third-order valence-electron chi connectivity index (χ3n) is 4.15. The normalized spacial score (nSPS) is 14.5. The number of carbonyl (C=O) groups excluding carboxylic acids is 1. The van der Waals surface area contributed by atoms with Crippen LogP contribution in [-0.4, -0.2) is 23.5 Å². The number of thiazole rings is 1. The Morgan fingerprint density at radius 3 is 2.75 bits per heavy atom. The molecule has 4 nitrogen and oxygen atoms in total. The monoisotopic (exact) mass is 389 g/mol. The van der Waals surface area contributed by atoms with Crippen molar-refractivity contribution in [2.45, 2.75) is 44.6 Å². The van der Waals surface area contributed by atoms with Crippen molar-refractivity contribution in [1.29, 1.82) is 0 Å². The molecule has 1 atom stereocenters. The summed E-state index contributed by atoms with van der Waals surface area (Å²) in [6, 6.07) is 8.36. The van der Waals surface area contributed by atoms with E-state index in [0.29, 0.717) is 18.9 Å². The van der Waals surface area contributed by atoms with Gasteiger partial charge in [-0.1, -0.05) is 12.1 Å². The lowest BCUT2D eigenvalue weighted by Crippen LogP contribution is -2.38. The summed E-state index contributed by atoms with van der Waals surface area (Å²) in [7, 11) is 0. The van der Waals surface area contributed by atoms with Gasteiger partial charge in [-0.05, 0) is 50.2 Å². The highest BCUT2D eigenvalue weighted by Crippen LogP contribution is 2.31. The summed E-state index contributed by atoms with van der Waals surface area (Å²) in [5.74, 6) is 0.764. The largest absolute Gasteiger partial charge is 0.355 e. The van der Waals surface area contributed by atoms with Crippen molar-refractivity contribution < 1.29 is 4.79 Å². The molecule has 1 aliphatic rings. The standard InChI is InChI=1S/C17H23N3OS.2ClH/c18-13(12-9-10-12)11-19-16(21)7-3-4-8-17-20-14-5-1-2-6-15(14)22-17;;/h1-2,5-6,12-13H,3-4,7-11,18H2,(H,19,21);2*1H. The number of aryl methyl sites for hydroxylation is 1. The number of nitrogens with zero attached hydrogens (tertiary/aromatic N) is 1. The van der Waals surface area contributed by atoms with Crippen LogP contribution >= 0.6 is 36.2 Å². The smallest absolute Gasteiger partial charge is 0.220 e. The lowest BCUT2D eigenvalue weighted by Gasteiger charge is -2.11. The number of carbonyl (C=O) groups is 1. The summed E-state index contributed by atoms with van der Waals surface area (Å²) in [6.07, 6.45) is 5.89. The molecule has 24 heavy (non-hydrogen) atoms. The van der Waals surface area contributed by atoms with Gasteiger partial charge < -0.3 is 11.1 Å². The molecule has 1 heterocycles. The van der Waals surface area contributed by atoms with Gasteiger partial charge in [0.1, 0.15) is 0 Å². The van der Waals surface area contributed by atoms with Crippen molar-refractivity contribution in [3.8, 4) is 0 Å². The average Bonchev–Trinajstić information content (AvgIpc) is 3.29. The molecular weight excluding hydrogens is 365 g/mol.